The summed E-state index contributed by atoms with van der Waals surface area (Å²) in [7, 11) is 3.19. The minimum Gasteiger partial charge on any atom is -0.505 e. The molecule has 0 aliphatic rings. The fourth-order valence-electron chi connectivity index (χ4n) is 3.29. The number of methoxy groups -OCH3 is 2. The van der Waals surface area contributed by atoms with Gasteiger partial charge in [0.05, 0.1) is 14.2 Å². The number of phenols is 1. The zero-order valence-corrected chi connectivity index (χ0v) is 17.9. The lowest BCUT2D eigenvalue weighted by Crippen LogP contribution is -2.16. The number of ether oxygens (including phenoxy) is 2. The summed E-state index contributed by atoms with van der Waals surface area (Å²) >= 11 is 0. The second kappa shape index (κ2) is 6.73. The Morgan fingerprint density at radius 2 is 1.46 bits per heavy atom. The smallest absolute Gasteiger partial charge is 0.227 e. The zero-order chi connectivity index (χ0) is 20.9. The highest BCUT2D eigenvalue weighted by molar-refractivity contribution is 5.87. The molecular formula is C23H29NO4. The van der Waals surface area contributed by atoms with Crippen molar-refractivity contribution in [2.24, 2.45) is 0 Å². The molecule has 1 N–H and O–H groups in total. The number of oxazole rings is 1. The van der Waals surface area contributed by atoms with Crippen LogP contribution in [0.15, 0.2) is 28.7 Å². The van der Waals surface area contributed by atoms with Crippen molar-refractivity contribution >= 4 is 11.1 Å². The summed E-state index contributed by atoms with van der Waals surface area (Å²) < 4.78 is 16.9. The number of phenolic OH excluding ortho intramolecular Hbond substituents is 1. The van der Waals surface area contributed by atoms with Gasteiger partial charge in [-0.05, 0) is 35.1 Å². The summed E-state index contributed by atoms with van der Waals surface area (Å²) in [5, 5.41) is 11.0. The molecule has 0 saturated heterocycles. The van der Waals surface area contributed by atoms with Crippen LogP contribution in [0.25, 0.3) is 22.6 Å². The van der Waals surface area contributed by atoms with Gasteiger partial charge in [0, 0.05) is 16.7 Å². The predicted octanol–water partition coefficient (Wildman–Crippen LogP) is 5.81. The van der Waals surface area contributed by atoms with Crippen LogP contribution >= 0.6 is 0 Å². The minimum absolute atomic E-state index is 0.166. The summed E-state index contributed by atoms with van der Waals surface area (Å²) in [5.74, 6) is 1.84. The van der Waals surface area contributed by atoms with Crippen molar-refractivity contribution in [2.75, 3.05) is 14.2 Å². The van der Waals surface area contributed by atoms with Gasteiger partial charge in [-0.3, -0.25) is 0 Å². The van der Waals surface area contributed by atoms with Crippen LogP contribution < -0.4 is 9.47 Å². The molecule has 5 nitrogen and oxygen atoms in total. The summed E-state index contributed by atoms with van der Waals surface area (Å²) in [4.78, 5) is 4.65. The van der Waals surface area contributed by atoms with E-state index in [0.29, 0.717) is 28.5 Å². The van der Waals surface area contributed by atoms with Crippen LogP contribution in [0.5, 0.6) is 17.2 Å². The highest BCUT2D eigenvalue weighted by Crippen LogP contribution is 2.43. The second-order valence-electron chi connectivity index (χ2n) is 9.09. The van der Waals surface area contributed by atoms with E-state index in [1.807, 2.05) is 24.3 Å². The molecule has 0 bridgehead atoms. The zero-order valence-electron chi connectivity index (χ0n) is 17.9. The highest BCUT2D eigenvalue weighted by atomic mass is 16.5. The van der Waals surface area contributed by atoms with Gasteiger partial charge in [-0.15, -0.1) is 0 Å². The molecule has 0 aliphatic heterocycles. The topological polar surface area (TPSA) is 64.7 Å². The first-order chi connectivity index (χ1) is 13.0. The van der Waals surface area contributed by atoms with Crippen LogP contribution in [-0.2, 0) is 10.8 Å². The highest BCUT2D eigenvalue weighted by Gasteiger charge is 2.29. The van der Waals surface area contributed by atoms with E-state index in [-0.39, 0.29) is 16.6 Å². The second-order valence-corrected chi connectivity index (χ2v) is 9.09. The number of aromatic hydroxyl groups is 1. The van der Waals surface area contributed by atoms with Crippen molar-refractivity contribution in [2.45, 2.75) is 52.4 Å². The first kappa shape index (κ1) is 20.1. The Balaban J connectivity index is 2.30. The summed E-state index contributed by atoms with van der Waals surface area (Å²) in [6, 6.07) is 7.54. The molecule has 2 aromatic carbocycles. The molecule has 0 saturated carbocycles. The third-order valence-corrected chi connectivity index (χ3v) is 4.89. The minimum atomic E-state index is -0.222. The molecule has 1 aromatic heterocycles. The van der Waals surface area contributed by atoms with E-state index in [2.05, 4.69) is 46.5 Å². The number of rotatable bonds is 3. The predicted molar refractivity (Wildman–Crippen MR) is 112 cm³/mol. The first-order valence-corrected chi connectivity index (χ1v) is 9.37. The summed E-state index contributed by atoms with van der Waals surface area (Å²) in [6.07, 6.45) is 0. The van der Waals surface area contributed by atoms with E-state index in [1.54, 1.807) is 14.2 Å². The SMILES string of the molecule is COc1ccc(-c2nc3c(O)c(C(C)(C)C)cc(C(C)(C)C)c3o2)cc1OC. The normalized spacial score (nSPS) is 12.4. The molecular weight excluding hydrogens is 354 g/mol. The molecule has 0 radical (unpaired) electrons. The van der Waals surface area contributed by atoms with E-state index in [0.717, 1.165) is 16.7 Å². The van der Waals surface area contributed by atoms with Gasteiger partial charge >= 0.3 is 0 Å². The molecule has 5 heteroatoms. The van der Waals surface area contributed by atoms with Crippen LogP contribution in [0.2, 0.25) is 0 Å². The Morgan fingerprint density at radius 1 is 0.857 bits per heavy atom. The fraction of sp³-hybridized carbons (Fsp3) is 0.435. The first-order valence-electron chi connectivity index (χ1n) is 9.37. The lowest BCUT2D eigenvalue weighted by Gasteiger charge is -2.25. The van der Waals surface area contributed by atoms with Gasteiger partial charge in [0.2, 0.25) is 5.89 Å². The van der Waals surface area contributed by atoms with Crippen LogP contribution in [0.3, 0.4) is 0 Å². The van der Waals surface area contributed by atoms with Crippen LogP contribution in [-0.4, -0.2) is 24.3 Å². The third-order valence-electron chi connectivity index (χ3n) is 4.89. The summed E-state index contributed by atoms with van der Waals surface area (Å²) in [6.45, 7) is 12.6. The van der Waals surface area contributed by atoms with E-state index < -0.39 is 0 Å². The molecule has 0 amide bonds. The largest absolute Gasteiger partial charge is 0.505 e. The van der Waals surface area contributed by atoms with Crippen LogP contribution in [0, 0.1) is 0 Å². The molecule has 150 valence electrons. The molecule has 1 heterocycles. The Labute approximate surface area is 166 Å². The van der Waals surface area contributed by atoms with E-state index >= 15 is 0 Å². The van der Waals surface area contributed by atoms with Crippen LogP contribution in [0.4, 0.5) is 0 Å². The van der Waals surface area contributed by atoms with Gasteiger partial charge in [0.25, 0.3) is 0 Å². The van der Waals surface area contributed by atoms with Gasteiger partial charge in [-0.25, -0.2) is 4.98 Å². The Morgan fingerprint density at radius 3 is 2.00 bits per heavy atom. The fourth-order valence-corrected chi connectivity index (χ4v) is 3.29. The van der Waals surface area contributed by atoms with Gasteiger partial charge in [0.15, 0.2) is 22.6 Å². The molecule has 0 atom stereocenters. The number of hydrogen-bond acceptors (Lipinski definition) is 5. The summed E-state index contributed by atoms with van der Waals surface area (Å²) in [5.41, 5.74) is 3.35. The quantitative estimate of drug-likeness (QED) is 0.618. The Hall–Kier alpha value is -2.69. The van der Waals surface area contributed by atoms with Gasteiger partial charge in [0.1, 0.15) is 5.75 Å². The lowest BCUT2D eigenvalue weighted by molar-refractivity contribution is 0.355. The van der Waals surface area contributed by atoms with Gasteiger partial charge in [-0.2, -0.15) is 0 Å². The van der Waals surface area contributed by atoms with Crippen molar-refractivity contribution in [3.63, 3.8) is 0 Å². The van der Waals surface area contributed by atoms with Crippen LogP contribution in [0.1, 0.15) is 52.7 Å². The maximum atomic E-state index is 11.0. The van der Waals surface area contributed by atoms with Gasteiger partial charge in [-0.1, -0.05) is 41.5 Å². The average Bonchev–Trinajstić information content (AvgIpc) is 3.05. The maximum absolute atomic E-state index is 11.0. The van der Waals surface area contributed by atoms with Crippen molar-refractivity contribution in [3.8, 4) is 28.7 Å². The molecule has 0 fully saturated rings. The van der Waals surface area contributed by atoms with Crippen molar-refractivity contribution in [1.82, 2.24) is 4.98 Å². The number of benzene rings is 2. The standard InChI is InChI=1S/C23H29NO4/c1-22(2,3)14-12-15(23(4,5)6)20-18(19(14)25)24-21(28-20)13-9-10-16(26-7)17(11-13)27-8/h9-12,25H,1-8H3. The maximum Gasteiger partial charge on any atom is 0.227 e. The molecule has 0 unspecified atom stereocenters. The number of nitrogens with zero attached hydrogens (tertiary/aromatic N) is 1. The number of hydrogen-bond donors (Lipinski definition) is 1. The average molecular weight is 383 g/mol. The Bertz CT molecular complexity index is 1020. The molecule has 3 rings (SSSR count). The monoisotopic (exact) mass is 383 g/mol. The molecule has 3 aromatic rings. The van der Waals surface area contributed by atoms with Gasteiger partial charge < -0.3 is 19.0 Å². The van der Waals surface area contributed by atoms with E-state index in [4.69, 9.17) is 13.9 Å². The van der Waals surface area contributed by atoms with Crippen molar-refractivity contribution in [3.05, 3.63) is 35.4 Å². The number of aromatic nitrogens is 1. The van der Waals surface area contributed by atoms with E-state index in [1.165, 1.54) is 0 Å². The molecule has 0 aliphatic carbocycles. The molecule has 0 spiro atoms. The van der Waals surface area contributed by atoms with Crippen molar-refractivity contribution in [1.29, 1.82) is 0 Å². The van der Waals surface area contributed by atoms with E-state index in [9.17, 15) is 5.11 Å². The molecule has 28 heavy (non-hydrogen) atoms. The van der Waals surface area contributed by atoms with Crippen molar-refractivity contribution < 1.29 is 19.0 Å². The number of fused-ring (bicyclic) bond motifs is 1. The lowest BCUT2D eigenvalue weighted by atomic mass is 9.79. The third kappa shape index (κ3) is 3.41. The Kier molecular flexibility index (Phi) is 4.82.